The third kappa shape index (κ3) is 8.07. The molecule has 0 unspecified atom stereocenters. The lowest BCUT2D eigenvalue weighted by Crippen LogP contribution is -2.28. The minimum Gasteiger partial charge on any atom is -0.489 e. The summed E-state index contributed by atoms with van der Waals surface area (Å²) in [4.78, 5) is 24.3. The van der Waals surface area contributed by atoms with Gasteiger partial charge >= 0.3 is 11.9 Å². The number of carboxylic acid groups (broad SMARTS) is 2. The Balaban J connectivity index is 1.61. The minimum absolute atomic E-state index is 0.0335. The summed E-state index contributed by atoms with van der Waals surface area (Å²) >= 11 is 1.60. The van der Waals surface area contributed by atoms with Crippen molar-refractivity contribution in [2.24, 2.45) is 0 Å². The fourth-order valence-electron chi connectivity index (χ4n) is 3.64. The van der Waals surface area contributed by atoms with Gasteiger partial charge in [0.25, 0.3) is 0 Å². The van der Waals surface area contributed by atoms with Gasteiger partial charge in [0.1, 0.15) is 12.4 Å². The topological polar surface area (TPSA) is 87.1 Å². The fourth-order valence-corrected chi connectivity index (χ4v) is 4.30. The lowest BCUT2D eigenvalue weighted by atomic mass is 9.96. The van der Waals surface area contributed by atoms with E-state index in [1.807, 2.05) is 70.3 Å². The van der Waals surface area contributed by atoms with Crippen molar-refractivity contribution < 1.29 is 24.5 Å². The van der Waals surface area contributed by atoms with E-state index in [1.54, 1.807) is 18.3 Å². The van der Waals surface area contributed by atoms with Gasteiger partial charge < -0.3 is 14.9 Å². The summed E-state index contributed by atoms with van der Waals surface area (Å²) in [5, 5.41) is 22.4. The number of nitrogens with zero attached hydrogens (tertiary/aromatic N) is 1. The first-order valence-corrected chi connectivity index (χ1v) is 11.8. The van der Waals surface area contributed by atoms with E-state index in [1.165, 1.54) is 0 Å². The second-order valence-corrected chi connectivity index (χ2v) is 8.67. The molecule has 0 saturated heterocycles. The number of rotatable bonds is 12. The summed E-state index contributed by atoms with van der Waals surface area (Å²) < 4.78 is 5.92. The second-order valence-electron chi connectivity index (χ2n) is 7.89. The standard InChI is InChI=1S/C27H27NO5S/c1-2-4-24(14-26(29)30)23-7-9-25(10-8-23)33-18-21-6-3-5-20(13-21)15-28(17-27(31)32)16-22-11-12-34-19-22/h3,5-13,19,24H,14-18H2,1H3,(H,29,30)(H,31,32)/t24-/m0/s1. The maximum atomic E-state index is 11.3. The average Bonchev–Trinajstić information content (AvgIpc) is 3.30. The van der Waals surface area contributed by atoms with Gasteiger partial charge in [0.05, 0.1) is 18.9 Å². The van der Waals surface area contributed by atoms with Crippen LogP contribution in [0, 0.1) is 11.8 Å². The van der Waals surface area contributed by atoms with Gasteiger partial charge in [0, 0.05) is 13.1 Å². The first-order chi connectivity index (χ1) is 16.4. The molecule has 34 heavy (non-hydrogen) atoms. The van der Waals surface area contributed by atoms with Gasteiger partial charge in [0.2, 0.25) is 0 Å². The Morgan fingerprint density at radius 2 is 1.74 bits per heavy atom. The molecule has 2 aromatic carbocycles. The zero-order valence-electron chi connectivity index (χ0n) is 18.9. The molecule has 0 fully saturated rings. The van der Waals surface area contributed by atoms with Crippen molar-refractivity contribution in [3.8, 4) is 17.6 Å². The molecule has 0 aliphatic heterocycles. The van der Waals surface area contributed by atoms with Crippen LogP contribution in [0.15, 0.2) is 65.4 Å². The maximum Gasteiger partial charge on any atom is 0.317 e. The third-order valence-corrected chi connectivity index (χ3v) is 5.86. The Hall–Kier alpha value is -3.60. The summed E-state index contributed by atoms with van der Waals surface area (Å²) in [6.07, 6.45) is -0.0425. The molecule has 1 atom stereocenters. The van der Waals surface area contributed by atoms with Crippen molar-refractivity contribution in [3.63, 3.8) is 0 Å². The van der Waals surface area contributed by atoms with Crippen molar-refractivity contribution in [1.82, 2.24) is 4.90 Å². The van der Waals surface area contributed by atoms with Crippen molar-refractivity contribution in [2.75, 3.05) is 6.54 Å². The molecule has 2 N–H and O–H groups in total. The van der Waals surface area contributed by atoms with Gasteiger partial charge in [-0.15, -0.1) is 5.92 Å². The molecule has 6 nitrogen and oxygen atoms in total. The summed E-state index contributed by atoms with van der Waals surface area (Å²) in [7, 11) is 0. The van der Waals surface area contributed by atoms with Crippen LogP contribution in [0.2, 0.25) is 0 Å². The van der Waals surface area contributed by atoms with E-state index in [4.69, 9.17) is 9.84 Å². The molecule has 0 saturated carbocycles. The number of thiophene rings is 1. The summed E-state index contributed by atoms with van der Waals surface area (Å²) in [6, 6.07) is 17.3. The number of aliphatic carboxylic acids is 2. The van der Waals surface area contributed by atoms with E-state index in [9.17, 15) is 14.7 Å². The van der Waals surface area contributed by atoms with E-state index < -0.39 is 11.9 Å². The van der Waals surface area contributed by atoms with Crippen LogP contribution < -0.4 is 4.74 Å². The first-order valence-electron chi connectivity index (χ1n) is 10.8. The first kappa shape index (κ1) is 25.0. The van der Waals surface area contributed by atoms with Crippen LogP contribution in [0.1, 0.15) is 41.5 Å². The molecule has 1 aromatic heterocycles. The van der Waals surface area contributed by atoms with E-state index in [0.29, 0.717) is 25.4 Å². The summed E-state index contributed by atoms with van der Waals surface area (Å²) in [6.45, 7) is 3.13. The van der Waals surface area contributed by atoms with E-state index in [-0.39, 0.29) is 18.9 Å². The Morgan fingerprint density at radius 1 is 1.00 bits per heavy atom. The molecule has 0 aliphatic rings. The SMILES string of the molecule is CC#C[C@@H](CC(=O)O)c1ccc(OCc2cccc(CN(CC(=O)O)Cc3ccsc3)c2)cc1. The number of ether oxygens (including phenoxy) is 1. The summed E-state index contributed by atoms with van der Waals surface area (Å²) in [5.41, 5.74) is 3.94. The van der Waals surface area contributed by atoms with Gasteiger partial charge in [0.15, 0.2) is 0 Å². The van der Waals surface area contributed by atoms with Crippen molar-refractivity contribution >= 4 is 23.3 Å². The lowest BCUT2D eigenvalue weighted by Gasteiger charge is -2.20. The van der Waals surface area contributed by atoms with Gasteiger partial charge in [-0.3, -0.25) is 14.5 Å². The molecule has 0 spiro atoms. The largest absolute Gasteiger partial charge is 0.489 e. The zero-order chi connectivity index (χ0) is 24.3. The summed E-state index contributed by atoms with van der Waals surface area (Å²) in [5.74, 6) is 4.33. The molecule has 0 radical (unpaired) electrons. The molecule has 3 aromatic rings. The average molecular weight is 478 g/mol. The Labute approximate surface area is 203 Å². The third-order valence-electron chi connectivity index (χ3n) is 5.13. The normalized spacial score (nSPS) is 11.5. The molecule has 1 heterocycles. The lowest BCUT2D eigenvalue weighted by molar-refractivity contribution is -0.139. The Morgan fingerprint density at radius 3 is 2.38 bits per heavy atom. The Bertz CT molecular complexity index is 1150. The number of carboxylic acids is 2. The van der Waals surface area contributed by atoms with Crippen LogP contribution in [-0.4, -0.2) is 33.6 Å². The van der Waals surface area contributed by atoms with E-state index in [0.717, 1.165) is 22.3 Å². The highest BCUT2D eigenvalue weighted by Gasteiger charge is 2.14. The second kappa shape index (κ2) is 12.6. The molecular weight excluding hydrogens is 450 g/mol. The number of carbonyl (C=O) groups is 2. The monoisotopic (exact) mass is 477 g/mol. The smallest absolute Gasteiger partial charge is 0.317 e. The predicted octanol–water partition coefficient (Wildman–Crippen LogP) is 5.00. The van der Waals surface area contributed by atoms with Crippen molar-refractivity contribution in [1.29, 1.82) is 0 Å². The number of hydrogen-bond donors (Lipinski definition) is 2. The maximum absolute atomic E-state index is 11.3. The minimum atomic E-state index is -0.884. The molecule has 0 bridgehead atoms. The molecular formula is C27H27NO5S. The van der Waals surface area contributed by atoms with Crippen LogP contribution in [0.25, 0.3) is 0 Å². The van der Waals surface area contributed by atoms with E-state index in [2.05, 4.69) is 11.8 Å². The molecule has 3 rings (SSSR count). The highest BCUT2D eigenvalue weighted by molar-refractivity contribution is 7.07. The fraction of sp³-hybridized carbons (Fsp3) is 0.259. The molecule has 0 aliphatic carbocycles. The van der Waals surface area contributed by atoms with Crippen LogP contribution >= 0.6 is 11.3 Å². The number of hydrogen-bond acceptors (Lipinski definition) is 5. The van der Waals surface area contributed by atoms with Crippen LogP contribution in [-0.2, 0) is 29.3 Å². The molecule has 176 valence electrons. The predicted molar refractivity (Wildman–Crippen MR) is 132 cm³/mol. The van der Waals surface area contributed by atoms with Crippen LogP contribution in [0.5, 0.6) is 5.75 Å². The van der Waals surface area contributed by atoms with Gasteiger partial charge in [-0.1, -0.05) is 42.3 Å². The quantitative estimate of drug-likeness (QED) is 0.357. The zero-order valence-corrected chi connectivity index (χ0v) is 19.8. The Kier molecular flexibility index (Phi) is 9.27. The van der Waals surface area contributed by atoms with Crippen LogP contribution in [0.3, 0.4) is 0 Å². The van der Waals surface area contributed by atoms with E-state index >= 15 is 0 Å². The molecule has 0 amide bonds. The van der Waals surface area contributed by atoms with Gasteiger partial charge in [-0.25, -0.2) is 0 Å². The van der Waals surface area contributed by atoms with Crippen LogP contribution in [0.4, 0.5) is 0 Å². The van der Waals surface area contributed by atoms with Crippen molar-refractivity contribution in [2.45, 2.75) is 39.0 Å². The van der Waals surface area contributed by atoms with Gasteiger partial charge in [-0.2, -0.15) is 11.3 Å². The van der Waals surface area contributed by atoms with Crippen molar-refractivity contribution in [3.05, 3.63) is 87.6 Å². The number of benzene rings is 2. The highest BCUT2D eigenvalue weighted by atomic mass is 32.1. The molecule has 7 heteroatoms. The van der Waals surface area contributed by atoms with Gasteiger partial charge in [-0.05, 0) is 58.1 Å². The highest BCUT2D eigenvalue weighted by Crippen LogP contribution is 2.23.